The van der Waals surface area contributed by atoms with Crippen LogP contribution in [0.3, 0.4) is 0 Å². The van der Waals surface area contributed by atoms with Crippen molar-refractivity contribution in [1.29, 1.82) is 0 Å². The molecule has 1 aromatic carbocycles. The Morgan fingerprint density at radius 2 is 2.08 bits per heavy atom. The van der Waals surface area contributed by atoms with Crippen molar-refractivity contribution >= 4 is 16.8 Å². The van der Waals surface area contributed by atoms with E-state index < -0.39 is 0 Å². The number of rotatable bonds is 3. The fourth-order valence-electron chi connectivity index (χ4n) is 1.65. The molecule has 0 aromatic heterocycles. The van der Waals surface area contributed by atoms with Gasteiger partial charge in [-0.15, -0.1) is 0 Å². The van der Waals surface area contributed by atoms with Crippen molar-refractivity contribution in [1.82, 2.24) is 0 Å². The van der Waals surface area contributed by atoms with Crippen LogP contribution in [0.5, 0.6) is 0 Å². The molecule has 0 bridgehead atoms. The van der Waals surface area contributed by atoms with Gasteiger partial charge in [0.25, 0.3) is 0 Å². The highest BCUT2D eigenvalue weighted by molar-refractivity contribution is 6.63. The van der Waals surface area contributed by atoms with Crippen molar-refractivity contribution in [2.45, 2.75) is 25.7 Å². The second kappa shape index (κ2) is 3.51. The number of benzene rings is 1. The summed E-state index contributed by atoms with van der Waals surface area (Å²) < 4.78 is 0. The Balaban J connectivity index is 2.05. The molecule has 0 spiro atoms. The molecule has 1 aromatic rings. The third kappa shape index (κ3) is 1.92. The number of aryl methyl sites for hydroxylation is 3. The highest BCUT2D eigenvalue weighted by atomic mass is 35.5. The predicted molar refractivity (Wildman–Crippen MR) is 53.0 cm³/mol. The van der Waals surface area contributed by atoms with Gasteiger partial charge in [0, 0.05) is 6.42 Å². The normalized spacial score (nSPS) is 13.3. The van der Waals surface area contributed by atoms with Crippen molar-refractivity contribution in [3.63, 3.8) is 0 Å². The second-order valence-electron chi connectivity index (χ2n) is 3.46. The minimum atomic E-state index is -0.248. The Morgan fingerprint density at radius 3 is 2.62 bits per heavy atom. The molecule has 0 aliphatic heterocycles. The zero-order chi connectivity index (χ0) is 9.26. The van der Waals surface area contributed by atoms with Crippen LogP contribution >= 0.6 is 11.6 Å². The van der Waals surface area contributed by atoms with Gasteiger partial charge in [0.2, 0.25) is 5.24 Å². The summed E-state index contributed by atoms with van der Waals surface area (Å²) in [6, 6.07) is 6.45. The van der Waals surface area contributed by atoms with Gasteiger partial charge in [-0.25, -0.2) is 0 Å². The highest BCUT2D eigenvalue weighted by Crippen LogP contribution is 2.24. The largest absolute Gasteiger partial charge is 0.281 e. The van der Waals surface area contributed by atoms with Gasteiger partial charge in [-0.2, -0.15) is 0 Å². The molecule has 1 nitrogen and oxygen atoms in total. The van der Waals surface area contributed by atoms with E-state index in [2.05, 4.69) is 18.2 Å². The molecule has 13 heavy (non-hydrogen) atoms. The van der Waals surface area contributed by atoms with Crippen LogP contribution in [-0.4, -0.2) is 5.24 Å². The van der Waals surface area contributed by atoms with E-state index in [-0.39, 0.29) is 5.24 Å². The Kier molecular flexibility index (Phi) is 2.36. The monoisotopic (exact) mass is 194 g/mol. The third-order valence-corrected chi connectivity index (χ3v) is 2.73. The number of hydrogen-bond donors (Lipinski definition) is 0. The van der Waals surface area contributed by atoms with Gasteiger partial charge >= 0.3 is 0 Å². The zero-order valence-corrected chi connectivity index (χ0v) is 8.10. The Hall–Kier alpha value is -0.820. The van der Waals surface area contributed by atoms with Crippen LogP contribution in [0.25, 0.3) is 0 Å². The maximum atomic E-state index is 10.5. The lowest BCUT2D eigenvalue weighted by Gasteiger charge is -2.19. The molecule has 1 aliphatic carbocycles. The van der Waals surface area contributed by atoms with Crippen LogP contribution in [0.15, 0.2) is 18.2 Å². The molecule has 0 heterocycles. The molecule has 2 heteroatoms. The lowest BCUT2D eigenvalue weighted by Crippen LogP contribution is -2.08. The summed E-state index contributed by atoms with van der Waals surface area (Å²) in [6.07, 6.45) is 3.62. The molecule has 2 rings (SSSR count). The molecule has 0 atom stereocenters. The van der Waals surface area contributed by atoms with Crippen LogP contribution < -0.4 is 0 Å². The Bertz CT molecular complexity index is 344. The van der Waals surface area contributed by atoms with Gasteiger partial charge in [-0.3, -0.25) is 4.79 Å². The molecular formula is C11H11ClO. The van der Waals surface area contributed by atoms with Crippen molar-refractivity contribution in [2.75, 3.05) is 0 Å². The van der Waals surface area contributed by atoms with E-state index in [1.807, 2.05) is 0 Å². The van der Waals surface area contributed by atoms with E-state index in [0.29, 0.717) is 6.42 Å². The summed E-state index contributed by atoms with van der Waals surface area (Å²) in [5.41, 5.74) is 4.13. The number of halogens is 1. The predicted octanol–water partition coefficient (Wildman–Crippen LogP) is 2.48. The van der Waals surface area contributed by atoms with Gasteiger partial charge < -0.3 is 0 Å². The van der Waals surface area contributed by atoms with E-state index in [4.69, 9.17) is 11.6 Å². The molecule has 68 valence electrons. The van der Waals surface area contributed by atoms with Gasteiger partial charge in [0.1, 0.15) is 0 Å². The average molecular weight is 195 g/mol. The number of carbonyl (C=O) groups is 1. The highest BCUT2D eigenvalue weighted by Gasteiger charge is 2.12. The molecular weight excluding hydrogens is 184 g/mol. The first kappa shape index (κ1) is 8.76. The minimum absolute atomic E-state index is 0.248. The number of carbonyl (C=O) groups excluding carboxylic acids is 1. The van der Waals surface area contributed by atoms with Gasteiger partial charge in [0.05, 0.1) is 0 Å². The van der Waals surface area contributed by atoms with Gasteiger partial charge in [-0.1, -0.05) is 18.2 Å². The standard InChI is InChI=1S/C11H11ClO/c12-11(13)6-2-8-1-3-9-4-5-10(9)7-8/h1,3,7H,2,4-6H2. The van der Waals surface area contributed by atoms with Crippen LogP contribution in [0.2, 0.25) is 0 Å². The van der Waals surface area contributed by atoms with Gasteiger partial charge in [-0.05, 0) is 47.6 Å². The van der Waals surface area contributed by atoms with E-state index >= 15 is 0 Å². The SMILES string of the molecule is O=C(Cl)CCc1ccc2c(c1)CC2. The number of fused-ring (bicyclic) bond motifs is 1. The molecule has 0 amide bonds. The summed E-state index contributed by atoms with van der Waals surface area (Å²) in [7, 11) is 0. The number of hydrogen-bond acceptors (Lipinski definition) is 1. The van der Waals surface area contributed by atoms with E-state index in [1.54, 1.807) is 0 Å². The fourth-order valence-corrected chi connectivity index (χ4v) is 1.74. The van der Waals surface area contributed by atoms with E-state index in [0.717, 1.165) is 6.42 Å². The molecule has 0 N–H and O–H groups in total. The fraction of sp³-hybridized carbons (Fsp3) is 0.364. The molecule has 0 fully saturated rings. The summed E-state index contributed by atoms with van der Waals surface area (Å²) >= 11 is 5.27. The molecule has 0 radical (unpaired) electrons. The Morgan fingerprint density at radius 1 is 1.31 bits per heavy atom. The summed E-state index contributed by atoms with van der Waals surface area (Å²) in [4.78, 5) is 10.5. The first-order chi connectivity index (χ1) is 6.25. The van der Waals surface area contributed by atoms with Crippen molar-refractivity contribution in [3.8, 4) is 0 Å². The van der Waals surface area contributed by atoms with Crippen molar-refractivity contribution in [2.24, 2.45) is 0 Å². The molecule has 0 saturated heterocycles. The maximum absolute atomic E-state index is 10.5. The van der Waals surface area contributed by atoms with Crippen LogP contribution in [0.4, 0.5) is 0 Å². The smallest absolute Gasteiger partial charge is 0.221 e. The lowest BCUT2D eigenvalue weighted by atomic mass is 9.87. The van der Waals surface area contributed by atoms with Crippen molar-refractivity contribution < 1.29 is 4.79 Å². The molecule has 0 unspecified atom stereocenters. The maximum Gasteiger partial charge on any atom is 0.221 e. The summed E-state index contributed by atoms with van der Waals surface area (Å²) in [5.74, 6) is 0. The van der Waals surface area contributed by atoms with Gasteiger partial charge in [0.15, 0.2) is 0 Å². The summed E-state index contributed by atoms with van der Waals surface area (Å²) in [6.45, 7) is 0. The quantitative estimate of drug-likeness (QED) is 0.676. The van der Waals surface area contributed by atoms with Crippen LogP contribution in [0, 0.1) is 0 Å². The lowest BCUT2D eigenvalue weighted by molar-refractivity contribution is -0.111. The Labute approximate surface area is 82.7 Å². The van der Waals surface area contributed by atoms with E-state index in [1.165, 1.54) is 29.5 Å². The average Bonchev–Trinajstić information content (AvgIpc) is 2.05. The zero-order valence-electron chi connectivity index (χ0n) is 7.35. The topological polar surface area (TPSA) is 17.1 Å². The van der Waals surface area contributed by atoms with Crippen LogP contribution in [-0.2, 0) is 24.1 Å². The molecule has 1 aliphatic rings. The van der Waals surface area contributed by atoms with Crippen LogP contribution in [0.1, 0.15) is 23.1 Å². The van der Waals surface area contributed by atoms with E-state index in [9.17, 15) is 4.79 Å². The molecule has 0 saturated carbocycles. The summed E-state index contributed by atoms with van der Waals surface area (Å²) in [5, 5.41) is -0.248. The minimum Gasteiger partial charge on any atom is -0.281 e. The first-order valence-electron chi connectivity index (χ1n) is 4.55. The van der Waals surface area contributed by atoms with Crippen molar-refractivity contribution in [3.05, 3.63) is 34.9 Å². The second-order valence-corrected chi connectivity index (χ2v) is 3.88. The first-order valence-corrected chi connectivity index (χ1v) is 4.92. The third-order valence-electron chi connectivity index (χ3n) is 2.54.